The van der Waals surface area contributed by atoms with Crippen LogP contribution in [0.15, 0.2) is 0 Å². The number of rotatable bonds is 3. The standard InChI is InChI=1S/C14H28N2/c1-11-5-4-6-13(7-11)16(3)14(10-15)8-12(2)9-14/h11-13H,4-10,15H2,1-3H3. The maximum atomic E-state index is 6.03. The van der Waals surface area contributed by atoms with Crippen LogP contribution in [-0.2, 0) is 0 Å². The molecule has 16 heavy (non-hydrogen) atoms. The van der Waals surface area contributed by atoms with Crippen molar-refractivity contribution in [2.75, 3.05) is 13.6 Å². The van der Waals surface area contributed by atoms with Crippen molar-refractivity contribution in [3.63, 3.8) is 0 Å². The summed E-state index contributed by atoms with van der Waals surface area (Å²) in [5, 5.41) is 0. The van der Waals surface area contributed by atoms with Crippen LogP contribution in [0, 0.1) is 11.8 Å². The van der Waals surface area contributed by atoms with E-state index in [1.54, 1.807) is 0 Å². The van der Waals surface area contributed by atoms with Crippen LogP contribution in [0.4, 0.5) is 0 Å². The topological polar surface area (TPSA) is 29.3 Å². The molecular weight excluding hydrogens is 196 g/mol. The van der Waals surface area contributed by atoms with Gasteiger partial charge >= 0.3 is 0 Å². The average Bonchev–Trinajstić information content (AvgIpc) is 2.23. The van der Waals surface area contributed by atoms with Gasteiger partial charge in [-0.05, 0) is 44.6 Å². The molecule has 2 aliphatic carbocycles. The Morgan fingerprint density at radius 2 is 1.88 bits per heavy atom. The number of likely N-dealkylation sites (N-methyl/N-ethyl adjacent to an activating group) is 1. The van der Waals surface area contributed by atoms with E-state index < -0.39 is 0 Å². The largest absolute Gasteiger partial charge is 0.329 e. The molecule has 0 aliphatic heterocycles. The van der Waals surface area contributed by atoms with Gasteiger partial charge in [-0.25, -0.2) is 0 Å². The molecule has 0 aromatic heterocycles. The van der Waals surface area contributed by atoms with E-state index in [0.717, 1.165) is 24.4 Å². The average molecular weight is 224 g/mol. The van der Waals surface area contributed by atoms with Gasteiger partial charge in [0.1, 0.15) is 0 Å². The minimum absolute atomic E-state index is 0.348. The van der Waals surface area contributed by atoms with Gasteiger partial charge in [-0.2, -0.15) is 0 Å². The summed E-state index contributed by atoms with van der Waals surface area (Å²) >= 11 is 0. The predicted molar refractivity (Wildman–Crippen MR) is 69.4 cm³/mol. The van der Waals surface area contributed by atoms with Crippen LogP contribution in [0.3, 0.4) is 0 Å². The third-order valence-electron chi connectivity index (χ3n) is 5.04. The van der Waals surface area contributed by atoms with Gasteiger partial charge in [0, 0.05) is 18.1 Å². The van der Waals surface area contributed by atoms with Crippen molar-refractivity contribution in [1.82, 2.24) is 4.90 Å². The molecule has 0 aromatic rings. The zero-order chi connectivity index (χ0) is 11.8. The van der Waals surface area contributed by atoms with Gasteiger partial charge in [0.05, 0.1) is 0 Å². The molecule has 2 unspecified atom stereocenters. The first-order valence-corrected chi connectivity index (χ1v) is 7.00. The third-order valence-corrected chi connectivity index (χ3v) is 5.04. The van der Waals surface area contributed by atoms with Crippen LogP contribution < -0.4 is 5.73 Å². The molecule has 0 saturated heterocycles. The minimum Gasteiger partial charge on any atom is -0.329 e. The summed E-state index contributed by atoms with van der Waals surface area (Å²) in [5.74, 6) is 1.79. The molecule has 0 spiro atoms. The molecule has 0 radical (unpaired) electrons. The van der Waals surface area contributed by atoms with Crippen molar-refractivity contribution in [3.05, 3.63) is 0 Å². The van der Waals surface area contributed by atoms with E-state index in [9.17, 15) is 0 Å². The molecule has 2 nitrogen and oxygen atoms in total. The van der Waals surface area contributed by atoms with Crippen LogP contribution >= 0.6 is 0 Å². The second-order valence-electron chi connectivity index (χ2n) is 6.48. The van der Waals surface area contributed by atoms with Crippen LogP contribution in [0.25, 0.3) is 0 Å². The van der Waals surface area contributed by atoms with Crippen molar-refractivity contribution < 1.29 is 0 Å². The Morgan fingerprint density at radius 3 is 2.38 bits per heavy atom. The molecule has 0 heterocycles. The molecule has 0 amide bonds. The zero-order valence-corrected chi connectivity index (χ0v) is 11.2. The van der Waals surface area contributed by atoms with Crippen LogP contribution in [0.5, 0.6) is 0 Å². The Kier molecular flexibility index (Phi) is 3.60. The molecule has 2 atom stereocenters. The lowest BCUT2D eigenvalue weighted by Gasteiger charge is -2.55. The van der Waals surface area contributed by atoms with Crippen molar-refractivity contribution in [1.29, 1.82) is 0 Å². The van der Waals surface area contributed by atoms with Gasteiger partial charge in [0.2, 0.25) is 0 Å². The van der Waals surface area contributed by atoms with Crippen molar-refractivity contribution in [2.24, 2.45) is 17.6 Å². The lowest BCUT2D eigenvalue weighted by atomic mass is 9.67. The predicted octanol–water partition coefficient (Wildman–Crippen LogP) is 2.62. The fourth-order valence-corrected chi connectivity index (χ4v) is 3.98. The van der Waals surface area contributed by atoms with Crippen LogP contribution in [-0.4, -0.2) is 30.1 Å². The number of nitrogens with zero attached hydrogens (tertiary/aromatic N) is 1. The Hall–Kier alpha value is -0.0800. The molecule has 2 N–H and O–H groups in total. The van der Waals surface area contributed by atoms with Crippen LogP contribution in [0.1, 0.15) is 52.4 Å². The van der Waals surface area contributed by atoms with E-state index in [-0.39, 0.29) is 0 Å². The highest BCUT2D eigenvalue weighted by molar-refractivity contribution is 5.03. The summed E-state index contributed by atoms with van der Waals surface area (Å²) in [6.45, 7) is 5.60. The Bertz CT molecular complexity index is 233. The zero-order valence-electron chi connectivity index (χ0n) is 11.2. The highest BCUT2D eigenvalue weighted by Gasteiger charge is 2.46. The summed E-state index contributed by atoms with van der Waals surface area (Å²) in [7, 11) is 2.32. The van der Waals surface area contributed by atoms with E-state index in [4.69, 9.17) is 5.73 Å². The Labute approximate surface area is 101 Å². The van der Waals surface area contributed by atoms with Gasteiger partial charge < -0.3 is 5.73 Å². The molecule has 2 rings (SSSR count). The van der Waals surface area contributed by atoms with Crippen molar-refractivity contribution in [3.8, 4) is 0 Å². The second-order valence-corrected chi connectivity index (χ2v) is 6.48. The smallest absolute Gasteiger partial charge is 0.0336 e. The molecule has 2 fully saturated rings. The Morgan fingerprint density at radius 1 is 1.19 bits per heavy atom. The number of hydrogen-bond donors (Lipinski definition) is 1. The molecule has 0 aromatic carbocycles. The maximum Gasteiger partial charge on any atom is 0.0336 e. The summed E-state index contributed by atoms with van der Waals surface area (Å²) < 4.78 is 0. The fraction of sp³-hybridized carbons (Fsp3) is 1.00. The first-order chi connectivity index (χ1) is 7.57. The van der Waals surface area contributed by atoms with E-state index in [2.05, 4.69) is 25.8 Å². The highest BCUT2D eigenvalue weighted by atomic mass is 15.2. The summed E-state index contributed by atoms with van der Waals surface area (Å²) in [4.78, 5) is 2.64. The molecular formula is C14H28N2. The first kappa shape index (κ1) is 12.4. The third kappa shape index (κ3) is 2.14. The van der Waals surface area contributed by atoms with E-state index in [1.165, 1.54) is 38.5 Å². The van der Waals surface area contributed by atoms with Gasteiger partial charge in [-0.3, -0.25) is 4.90 Å². The summed E-state index contributed by atoms with van der Waals surface area (Å²) in [6, 6.07) is 0.791. The van der Waals surface area contributed by atoms with Crippen molar-refractivity contribution in [2.45, 2.75) is 64.0 Å². The van der Waals surface area contributed by atoms with Gasteiger partial charge in [-0.15, -0.1) is 0 Å². The second kappa shape index (κ2) is 4.66. The van der Waals surface area contributed by atoms with Gasteiger partial charge in [-0.1, -0.05) is 26.7 Å². The van der Waals surface area contributed by atoms with Gasteiger partial charge in [0.15, 0.2) is 0 Å². The first-order valence-electron chi connectivity index (χ1n) is 7.00. The normalized spacial score (nSPS) is 44.4. The lowest BCUT2D eigenvalue weighted by molar-refractivity contribution is -0.0358. The monoisotopic (exact) mass is 224 g/mol. The number of hydrogen-bond acceptors (Lipinski definition) is 2. The summed E-state index contributed by atoms with van der Waals surface area (Å²) in [6.07, 6.45) is 8.22. The SMILES string of the molecule is CC1CCCC(N(C)C2(CN)CC(C)C2)C1. The van der Waals surface area contributed by atoms with Crippen molar-refractivity contribution >= 4 is 0 Å². The fourth-order valence-electron chi connectivity index (χ4n) is 3.98. The molecule has 0 bridgehead atoms. The minimum atomic E-state index is 0.348. The molecule has 2 saturated carbocycles. The van der Waals surface area contributed by atoms with E-state index in [0.29, 0.717) is 5.54 Å². The molecule has 2 heteroatoms. The quantitative estimate of drug-likeness (QED) is 0.798. The van der Waals surface area contributed by atoms with Crippen LogP contribution in [0.2, 0.25) is 0 Å². The number of nitrogens with two attached hydrogens (primary N) is 1. The maximum absolute atomic E-state index is 6.03. The Balaban J connectivity index is 1.97. The van der Waals surface area contributed by atoms with Gasteiger partial charge in [0.25, 0.3) is 0 Å². The highest BCUT2D eigenvalue weighted by Crippen LogP contribution is 2.43. The molecule has 2 aliphatic rings. The molecule has 94 valence electrons. The van der Waals surface area contributed by atoms with E-state index >= 15 is 0 Å². The van der Waals surface area contributed by atoms with E-state index in [1.807, 2.05) is 0 Å². The summed E-state index contributed by atoms with van der Waals surface area (Å²) in [5.41, 5.74) is 6.38. The lowest BCUT2D eigenvalue weighted by Crippen LogP contribution is -2.63.